The zero-order valence-corrected chi connectivity index (χ0v) is 6.88. The number of nitrogens with one attached hydrogen (secondary N) is 1. The molecule has 0 fully saturated rings. The molecule has 0 saturated carbocycles. The Hall–Kier alpha value is -0.280. The van der Waals surface area contributed by atoms with Crippen LogP contribution in [0.2, 0.25) is 0 Å². The molecule has 0 bridgehead atoms. The SMILES string of the molecule is Cc1ccc[nH]1.S=CS. The fraction of sp³-hybridized carbons (Fsp3) is 0.167. The lowest BCUT2D eigenvalue weighted by molar-refractivity contribution is 1.27. The summed E-state index contributed by atoms with van der Waals surface area (Å²) in [5, 5.41) is 0. The van der Waals surface area contributed by atoms with E-state index in [-0.39, 0.29) is 0 Å². The highest BCUT2D eigenvalue weighted by Crippen LogP contribution is 1.86. The zero-order valence-electron chi connectivity index (χ0n) is 5.16. The van der Waals surface area contributed by atoms with E-state index in [2.05, 4.69) is 29.8 Å². The van der Waals surface area contributed by atoms with E-state index in [4.69, 9.17) is 0 Å². The predicted molar refractivity (Wildman–Crippen MR) is 48.2 cm³/mol. The first-order chi connectivity index (χ1) is 4.31. The molecule has 0 aliphatic heterocycles. The van der Waals surface area contributed by atoms with Crippen LogP contribution in [0.5, 0.6) is 0 Å². The van der Waals surface area contributed by atoms with Crippen molar-refractivity contribution in [3.8, 4) is 0 Å². The Balaban J connectivity index is 0.000000187. The molecule has 0 aromatic carbocycles. The van der Waals surface area contributed by atoms with Crippen LogP contribution in [0.25, 0.3) is 0 Å². The molecule has 3 heteroatoms. The van der Waals surface area contributed by atoms with Crippen molar-refractivity contribution in [3.63, 3.8) is 0 Å². The first-order valence-corrected chi connectivity index (χ1v) is 3.48. The molecule has 0 aliphatic carbocycles. The second-order valence-electron chi connectivity index (χ2n) is 1.46. The van der Waals surface area contributed by atoms with E-state index in [0.29, 0.717) is 0 Å². The van der Waals surface area contributed by atoms with Gasteiger partial charge in [-0.1, -0.05) is 12.2 Å². The number of thiocarbonyl (C=S) groups is 1. The maximum Gasteiger partial charge on any atom is 0.0310 e. The lowest BCUT2D eigenvalue weighted by Crippen LogP contribution is -1.59. The van der Waals surface area contributed by atoms with Crippen molar-refractivity contribution < 1.29 is 0 Å². The molecule has 0 unspecified atom stereocenters. The summed E-state index contributed by atoms with van der Waals surface area (Å²) in [6, 6.07) is 4.01. The lowest BCUT2D eigenvalue weighted by atomic mass is 10.5. The number of aromatic nitrogens is 1. The van der Waals surface area contributed by atoms with Crippen LogP contribution in [0.15, 0.2) is 18.3 Å². The van der Waals surface area contributed by atoms with Gasteiger partial charge < -0.3 is 4.98 Å². The molecule has 1 rings (SSSR count). The number of thiol groups is 1. The smallest absolute Gasteiger partial charge is 0.0310 e. The van der Waals surface area contributed by atoms with E-state index >= 15 is 0 Å². The van der Waals surface area contributed by atoms with Gasteiger partial charge in [0.05, 0.1) is 0 Å². The highest BCUT2D eigenvalue weighted by atomic mass is 32.1. The van der Waals surface area contributed by atoms with E-state index in [9.17, 15) is 0 Å². The van der Waals surface area contributed by atoms with Gasteiger partial charge in [0.15, 0.2) is 0 Å². The van der Waals surface area contributed by atoms with Crippen molar-refractivity contribution in [2.24, 2.45) is 0 Å². The highest BCUT2D eigenvalue weighted by Gasteiger charge is 1.72. The summed E-state index contributed by atoms with van der Waals surface area (Å²) in [4.78, 5) is 3.00. The maximum atomic E-state index is 4.13. The topological polar surface area (TPSA) is 15.8 Å². The van der Waals surface area contributed by atoms with Crippen LogP contribution in [0.1, 0.15) is 5.69 Å². The molecule has 0 amide bonds. The van der Waals surface area contributed by atoms with Gasteiger partial charge in [-0.05, 0) is 19.1 Å². The van der Waals surface area contributed by atoms with Gasteiger partial charge in [0.2, 0.25) is 0 Å². The van der Waals surface area contributed by atoms with Crippen molar-refractivity contribution in [2.75, 3.05) is 0 Å². The van der Waals surface area contributed by atoms with Crippen LogP contribution >= 0.6 is 24.8 Å². The molecule has 1 aromatic heterocycles. The third kappa shape index (κ3) is 5.59. The van der Waals surface area contributed by atoms with Crippen molar-refractivity contribution in [2.45, 2.75) is 6.92 Å². The molecule has 0 spiro atoms. The number of hydrogen-bond acceptors (Lipinski definition) is 1. The average molecular weight is 159 g/mol. The Bertz CT molecular complexity index is 146. The fourth-order valence-corrected chi connectivity index (χ4v) is 0.420. The molecule has 50 valence electrons. The third-order valence-corrected chi connectivity index (χ3v) is 0.753. The summed E-state index contributed by atoms with van der Waals surface area (Å²) in [6.45, 7) is 2.03. The molecular formula is C6H9NS2. The molecule has 0 saturated heterocycles. The Morgan fingerprint density at radius 2 is 2.33 bits per heavy atom. The van der Waals surface area contributed by atoms with E-state index in [1.165, 1.54) is 10.4 Å². The van der Waals surface area contributed by atoms with E-state index in [0.717, 1.165) is 0 Å². The summed E-state index contributed by atoms with van der Waals surface area (Å²) >= 11 is 7.61. The van der Waals surface area contributed by atoms with Gasteiger partial charge in [-0.3, -0.25) is 0 Å². The number of H-pyrrole nitrogens is 1. The van der Waals surface area contributed by atoms with Gasteiger partial charge in [-0.25, -0.2) is 0 Å². The first-order valence-electron chi connectivity index (χ1n) is 2.49. The molecule has 1 N–H and O–H groups in total. The average Bonchev–Trinajstić information content (AvgIpc) is 2.20. The third-order valence-electron chi connectivity index (χ3n) is 0.753. The van der Waals surface area contributed by atoms with Crippen LogP contribution in [-0.2, 0) is 0 Å². The molecule has 9 heavy (non-hydrogen) atoms. The van der Waals surface area contributed by atoms with Gasteiger partial charge >= 0.3 is 0 Å². The summed E-state index contributed by atoms with van der Waals surface area (Å²) in [6.07, 6.45) is 1.91. The number of aryl methyl sites for hydroxylation is 1. The molecular weight excluding hydrogens is 150 g/mol. The van der Waals surface area contributed by atoms with Crippen LogP contribution in [-0.4, -0.2) is 9.68 Å². The van der Waals surface area contributed by atoms with Crippen LogP contribution in [0.3, 0.4) is 0 Å². The molecule has 1 aromatic rings. The number of aromatic amines is 1. The second-order valence-corrected chi connectivity index (χ2v) is 2.30. The Labute approximate surface area is 65.9 Å². The summed E-state index contributed by atoms with van der Waals surface area (Å²) in [5.74, 6) is 0. The quantitative estimate of drug-likeness (QED) is 0.438. The van der Waals surface area contributed by atoms with Gasteiger partial charge in [0, 0.05) is 16.6 Å². The minimum absolute atomic E-state index is 1.22. The van der Waals surface area contributed by atoms with Crippen molar-refractivity contribution in [1.29, 1.82) is 0 Å². The Morgan fingerprint density at radius 1 is 1.78 bits per heavy atom. The Morgan fingerprint density at radius 3 is 2.44 bits per heavy atom. The highest BCUT2D eigenvalue weighted by molar-refractivity contribution is 8.08. The monoisotopic (exact) mass is 159 g/mol. The molecule has 0 atom stereocenters. The normalized spacial score (nSPS) is 7.33. The second kappa shape index (κ2) is 5.85. The fourth-order valence-electron chi connectivity index (χ4n) is 0.420. The van der Waals surface area contributed by atoms with Crippen molar-refractivity contribution in [1.82, 2.24) is 4.98 Å². The lowest BCUT2D eigenvalue weighted by Gasteiger charge is -1.70. The van der Waals surface area contributed by atoms with Crippen molar-refractivity contribution in [3.05, 3.63) is 24.0 Å². The summed E-state index contributed by atoms with van der Waals surface area (Å²) in [5.41, 5.74) is 1.22. The minimum Gasteiger partial charge on any atom is -0.365 e. The molecule has 0 radical (unpaired) electrons. The van der Waals surface area contributed by atoms with Crippen LogP contribution in [0.4, 0.5) is 0 Å². The minimum atomic E-state index is 1.22. The predicted octanol–water partition coefficient (Wildman–Crippen LogP) is 2.20. The number of hydrogen-bond donors (Lipinski definition) is 2. The zero-order chi connectivity index (χ0) is 7.11. The summed E-state index contributed by atoms with van der Waals surface area (Å²) in [7, 11) is 0. The van der Waals surface area contributed by atoms with Gasteiger partial charge in [-0.15, -0.1) is 12.6 Å². The van der Waals surface area contributed by atoms with Crippen LogP contribution in [0, 0.1) is 6.92 Å². The van der Waals surface area contributed by atoms with Crippen LogP contribution < -0.4 is 0 Å². The van der Waals surface area contributed by atoms with Crippen molar-refractivity contribution >= 4 is 29.5 Å². The van der Waals surface area contributed by atoms with E-state index < -0.39 is 0 Å². The Kier molecular flexibility index (Phi) is 5.67. The molecule has 1 heterocycles. The van der Waals surface area contributed by atoms with E-state index in [1.54, 1.807) is 0 Å². The molecule has 1 nitrogen and oxygen atoms in total. The van der Waals surface area contributed by atoms with Gasteiger partial charge in [-0.2, -0.15) is 0 Å². The molecule has 0 aliphatic rings. The largest absolute Gasteiger partial charge is 0.365 e. The first kappa shape index (κ1) is 8.72. The van der Waals surface area contributed by atoms with Gasteiger partial charge in [0.1, 0.15) is 0 Å². The van der Waals surface area contributed by atoms with Gasteiger partial charge in [0.25, 0.3) is 0 Å². The number of rotatable bonds is 0. The summed E-state index contributed by atoms with van der Waals surface area (Å²) < 4.78 is 1.28. The standard InChI is InChI=1S/C5H7N.CH2S2/c1-5-3-2-4-6-5;2-1-3/h2-4,6H,1H3;1H,(H,2,3). The van der Waals surface area contributed by atoms with E-state index in [1.807, 2.05) is 25.3 Å². The maximum absolute atomic E-state index is 4.13.